The van der Waals surface area contributed by atoms with E-state index in [2.05, 4.69) is 10.1 Å². The van der Waals surface area contributed by atoms with Crippen LogP contribution >= 0.6 is 11.8 Å². The lowest BCUT2D eigenvalue weighted by atomic mass is 9.84. The number of nitrogens with zero attached hydrogens (tertiary/aromatic N) is 3. The van der Waals surface area contributed by atoms with Gasteiger partial charge in [0.2, 0.25) is 5.89 Å². The molecular formula is C14H14FN3OS. The Morgan fingerprint density at radius 3 is 2.70 bits per heavy atom. The van der Waals surface area contributed by atoms with Crippen molar-refractivity contribution in [2.75, 3.05) is 5.75 Å². The predicted molar refractivity (Wildman–Crippen MR) is 74.6 cm³/mol. The van der Waals surface area contributed by atoms with Gasteiger partial charge in [0, 0.05) is 0 Å². The molecule has 0 N–H and O–H groups in total. The highest BCUT2D eigenvalue weighted by molar-refractivity contribution is 7.98. The zero-order valence-corrected chi connectivity index (χ0v) is 12.1. The first-order valence-corrected chi connectivity index (χ1v) is 7.23. The van der Waals surface area contributed by atoms with Crippen LogP contribution in [0.5, 0.6) is 0 Å². The summed E-state index contributed by atoms with van der Waals surface area (Å²) in [5, 5.41) is 12.5. The number of rotatable bonds is 5. The Balaban J connectivity index is 2.17. The fourth-order valence-electron chi connectivity index (χ4n) is 1.75. The molecule has 0 bridgehead atoms. The molecule has 2 rings (SSSR count). The highest BCUT2D eigenvalue weighted by Crippen LogP contribution is 2.29. The Hall–Kier alpha value is -1.87. The molecule has 0 aliphatic heterocycles. The van der Waals surface area contributed by atoms with Crippen molar-refractivity contribution >= 4 is 11.8 Å². The van der Waals surface area contributed by atoms with Crippen LogP contribution in [0.15, 0.2) is 28.8 Å². The van der Waals surface area contributed by atoms with Gasteiger partial charge in [-0.1, -0.05) is 17.3 Å². The molecule has 0 aliphatic carbocycles. The van der Waals surface area contributed by atoms with Crippen LogP contribution in [0.4, 0.5) is 4.39 Å². The molecule has 2 aromatic rings. The van der Waals surface area contributed by atoms with Crippen LogP contribution in [-0.4, -0.2) is 15.9 Å². The van der Waals surface area contributed by atoms with E-state index < -0.39 is 5.41 Å². The van der Waals surface area contributed by atoms with Crippen molar-refractivity contribution in [2.24, 2.45) is 0 Å². The lowest BCUT2D eigenvalue weighted by Crippen LogP contribution is -2.20. The van der Waals surface area contributed by atoms with E-state index in [0.717, 1.165) is 5.56 Å². The Morgan fingerprint density at radius 2 is 2.05 bits per heavy atom. The van der Waals surface area contributed by atoms with Crippen LogP contribution in [0.2, 0.25) is 0 Å². The fraction of sp³-hybridized carbons (Fsp3) is 0.357. The smallest absolute Gasteiger partial charge is 0.236 e. The second-order valence-corrected chi connectivity index (χ2v) is 5.78. The Kier molecular flexibility index (Phi) is 4.40. The molecule has 0 radical (unpaired) electrons. The largest absolute Gasteiger partial charge is 0.338 e. The van der Waals surface area contributed by atoms with Gasteiger partial charge in [-0.3, -0.25) is 0 Å². The molecular weight excluding hydrogens is 277 g/mol. The van der Waals surface area contributed by atoms with Gasteiger partial charge in [0.25, 0.3) is 0 Å². The molecule has 20 heavy (non-hydrogen) atoms. The Labute approximate surface area is 121 Å². The van der Waals surface area contributed by atoms with Gasteiger partial charge in [0.1, 0.15) is 5.82 Å². The van der Waals surface area contributed by atoms with Crippen LogP contribution in [0.3, 0.4) is 0 Å². The number of benzene rings is 1. The molecule has 1 aromatic carbocycles. The van der Waals surface area contributed by atoms with Crippen LogP contribution < -0.4 is 0 Å². The molecule has 1 aromatic heterocycles. The lowest BCUT2D eigenvalue weighted by molar-refractivity contribution is 0.376. The summed E-state index contributed by atoms with van der Waals surface area (Å²) in [6.07, 6.45) is 0. The maximum atomic E-state index is 13.0. The zero-order valence-electron chi connectivity index (χ0n) is 11.3. The van der Waals surface area contributed by atoms with E-state index in [9.17, 15) is 4.39 Å². The van der Waals surface area contributed by atoms with E-state index in [0.29, 0.717) is 23.2 Å². The maximum Gasteiger partial charge on any atom is 0.236 e. The minimum atomic E-state index is -0.463. The summed E-state index contributed by atoms with van der Waals surface area (Å²) in [5.41, 5.74) is 0.450. The summed E-state index contributed by atoms with van der Waals surface area (Å²) in [6.45, 7) is 3.91. The standard InChI is InChI=1S/C14H14FN3OS/c1-14(2,10-3-5-11(15)6-4-10)13-17-12(19-18-13)9-20-8-7-16/h3-6H,8-9H2,1-2H3. The third-order valence-corrected chi connectivity index (χ3v) is 3.77. The average Bonchev–Trinajstić information content (AvgIpc) is 2.89. The van der Waals surface area contributed by atoms with Crippen molar-refractivity contribution in [3.8, 4) is 6.07 Å². The second kappa shape index (κ2) is 6.06. The van der Waals surface area contributed by atoms with Gasteiger partial charge in [-0.05, 0) is 31.5 Å². The van der Waals surface area contributed by atoms with Crippen molar-refractivity contribution in [2.45, 2.75) is 25.0 Å². The summed E-state index contributed by atoms with van der Waals surface area (Å²) in [4.78, 5) is 4.35. The molecule has 0 amide bonds. The summed E-state index contributed by atoms with van der Waals surface area (Å²) in [7, 11) is 0. The van der Waals surface area contributed by atoms with Gasteiger partial charge < -0.3 is 4.52 Å². The summed E-state index contributed by atoms with van der Waals surface area (Å²) in [5.74, 6) is 1.68. The molecule has 0 atom stereocenters. The van der Waals surface area contributed by atoms with Gasteiger partial charge in [-0.25, -0.2) is 4.39 Å². The van der Waals surface area contributed by atoms with E-state index in [1.807, 2.05) is 19.9 Å². The zero-order chi connectivity index (χ0) is 14.6. The topological polar surface area (TPSA) is 62.7 Å². The molecule has 0 aliphatic rings. The predicted octanol–water partition coefficient (Wildman–Crippen LogP) is 3.29. The summed E-state index contributed by atoms with van der Waals surface area (Å²) >= 11 is 1.42. The number of hydrogen-bond donors (Lipinski definition) is 0. The second-order valence-electron chi connectivity index (χ2n) is 4.79. The maximum absolute atomic E-state index is 13.0. The van der Waals surface area contributed by atoms with Gasteiger partial charge in [0.05, 0.1) is 23.0 Å². The molecule has 1 heterocycles. The Morgan fingerprint density at radius 1 is 1.35 bits per heavy atom. The third kappa shape index (κ3) is 3.17. The van der Waals surface area contributed by atoms with E-state index in [1.54, 1.807) is 12.1 Å². The number of nitriles is 1. The van der Waals surface area contributed by atoms with Crippen molar-refractivity contribution in [3.63, 3.8) is 0 Å². The van der Waals surface area contributed by atoms with E-state index in [1.165, 1.54) is 23.9 Å². The van der Waals surface area contributed by atoms with Crippen molar-refractivity contribution in [3.05, 3.63) is 47.4 Å². The van der Waals surface area contributed by atoms with E-state index in [4.69, 9.17) is 9.78 Å². The third-order valence-electron chi connectivity index (χ3n) is 2.99. The number of hydrogen-bond acceptors (Lipinski definition) is 5. The Bertz CT molecular complexity index is 616. The monoisotopic (exact) mass is 291 g/mol. The molecule has 0 fully saturated rings. The minimum Gasteiger partial charge on any atom is -0.338 e. The summed E-state index contributed by atoms with van der Waals surface area (Å²) in [6, 6.07) is 8.31. The molecule has 0 saturated carbocycles. The fourth-order valence-corrected chi connectivity index (χ4v) is 2.23. The number of thioether (sulfide) groups is 1. The lowest BCUT2D eigenvalue weighted by Gasteiger charge is -2.20. The van der Waals surface area contributed by atoms with Gasteiger partial charge >= 0.3 is 0 Å². The van der Waals surface area contributed by atoms with Gasteiger partial charge in [0.15, 0.2) is 5.82 Å². The highest BCUT2D eigenvalue weighted by atomic mass is 32.2. The molecule has 6 heteroatoms. The molecule has 4 nitrogen and oxygen atoms in total. The first kappa shape index (κ1) is 14.5. The van der Waals surface area contributed by atoms with E-state index in [-0.39, 0.29) is 5.82 Å². The van der Waals surface area contributed by atoms with E-state index >= 15 is 0 Å². The van der Waals surface area contributed by atoms with Crippen molar-refractivity contribution in [1.29, 1.82) is 5.26 Å². The van der Waals surface area contributed by atoms with Crippen molar-refractivity contribution in [1.82, 2.24) is 10.1 Å². The van der Waals surface area contributed by atoms with Gasteiger partial charge in [-0.15, -0.1) is 11.8 Å². The first-order chi connectivity index (χ1) is 9.54. The van der Waals surface area contributed by atoms with Crippen molar-refractivity contribution < 1.29 is 8.91 Å². The number of halogens is 1. The minimum absolute atomic E-state index is 0.272. The quantitative estimate of drug-likeness (QED) is 0.791. The van der Waals surface area contributed by atoms with Crippen LogP contribution in [0, 0.1) is 17.1 Å². The molecule has 0 saturated heterocycles. The molecule has 0 spiro atoms. The SMILES string of the molecule is CC(C)(c1ccc(F)cc1)c1noc(CSCC#N)n1. The van der Waals surface area contributed by atoms with Crippen LogP contribution in [0.25, 0.3) is 0 Å². The molecule has 0 unspecified atom stereocenters. The molecule has 104 valence electrons. The average molecular weight is 291 g/mol. The van der Waals surface area contributed by atoms with Crippen LogP contribution in [0.1, 0.15) is 31.1 Å². The van der Waals surface area contributed by atoms with Gasteiger partial charge in [-0.2, -0.15) is 10.2 Å². The highest BCUT2D eigenvalue weighted by Gasteiger charge is 2.28. The number of aromatic nitrogens is 2. The summed E-state index contributed by atoms with van der Waals surface area (Å²) < 4.78 is 18.2. The van der Waals surface area contributed by atoms with Crippen LogP contribution in [-0.2, 0) is 11.2 Å². The first-order valence-electron chi connectivity index (χ1n) is 6.08. The normalized spacial score (nSPS) is 11.3.